The van der Waals surface area contributed by atoms with Gasteiger partial charge in [0.1, 0.15) is 12.3 Å². The number of para-hydroxylation sites is 1. The van der Waals surface area contributed by atoms with Crippen LogP contribution in [-0.4, -0.2) is 29.8 Å². The largest absolute Gasteiger partial charge is 0.457 e. The highest BCUT2D eigenvalue weighted by Gasteiger charge is 2.35. The Balaban J connectivity index is 1.78. The van der Waals surface area contributed by atoms with E-state index in [0.717, 1.165) is 10.5 Å². The van der Waals surface area contributed by atoms with Gasteiger partial charge in [0.15, 0.2) is 0 Å². The fraction of sp³-hybridized carbons (Fsp3) is 0.160. The molecule has 0 aliphatic carbocycles. The summed E-state index contributed by atoms with van der Waals surface area (Å²) in [5.41, 5.74) is 0.261. The standard InChI is InChI=1S/C25H20ClF3N2O2S/c1-34-19-12-6-16(7-13-19)15-33-24(32)18-10-8-17(9-11-18)22(14-23(30)25(27,28)29)31-21-5-3-2-4-20(21)26/h2-13,30H,14-15H2,1H3. The van der Waals surface area contributed by atoms with Crippen LogP contribution in [0.15, 0.2) is 82.7 Å². The van der Waals surface area contributed by atoms with Crippen LogP contribution in [0.25, 0.3) is 0 Å². The number of hydrogen-bond acceptors (Lipinski definition) is 5. The van der Waals surface area contributed by atoms with Crippen molar-refractivity contribution in [2.24, 2.45) is 4.99 Å². The normalized spacial score (nSPS) is 11.9. The summed E-state index contributed by atoms with van der Waals surface area (Å²) in [7, 11) is 0. The molecule has 0 aliphatic rings. The van der Waals surface area contributed by atoms with Gasteiger partial charge in [-0.15, -0.1) is 11.8 Å². The smallest absolute Gasteiger partial charge is 0.429 e. The number of benzene rings is 3. The highest BCUT2D eigenvalue weighted by molar-refractivity contribution is 7.98. The van der Waals surface area contributed by atoms with Crippen molar-refractivity contribution in [2.75, 3.05) is 6.26 Å². The van der Waals surface area contributed by atoms with E-state index in [0.29, 0.717) is 5.56 Å². The van der Waals surface area contributed by atoms with Crippen molar-refractivity contribution in [3.63, 3.8) is 0 Å². The molecule has 0 atom stereocenters. The van der Waals surface area contributed by atoms with Gasteiger partial charge >= 0.3 is 12.1 Å². The molecule has 0 aliphatic heterocycles. The fourth-order valence-corrected chi connectivity index (χ4v) is 3.50. The van der Waals surface area contributed by atoms with E-state index >= 15 is 0 Å². The molecule has 3 aromatic rings. The van der Waals surface area contributed by atoms with Gasteiger partial charge in [0.05, 0.1) is 22.0 Å². The maximum Gasteiger partial charge on any atom is 0.429 e. The number of alkyl halides is 3. The molecule has 0 unspecified atom stereocenters. The second-order valence-electron chi connectivity index (χ2n) is 7.16. The first kappa shape index (κ1) is 25.5. The van der Waals surface area contributed by atoms with Crippen molar-refractivity contribution >= 4 is 46.4 Å². The summed E-state index contributed by atoms with van der Waals surface area (Å²) in [6.45, 7) is 0.0945. The van der Waals surface area contributed by atoms with Crippen molar-refractivity contribution in [1.29, 1.82) is 5.41 Å². The molecule has 0 radical (unpaired) electrons. The molecule has 1 N–H and O–H groups in total. The molecule has 176 valence electrons. The Labute approximate surface area is 204 Å². The molecule has 0 saturated carbocycles. The van der Waals surface area contributed by atoms with Crippen LogP contribution in [0.3, 0.4) is 0 Å². The molecule has 0 saturated heterocycles. The van der Waals surface area contributed by atoms with Gasteiger partial charge < -0.3 is 10.1 Å². The molecule has 0 fully saturated rings. The summed E-state index contributed by atoms with van der Waals surface area (Å²) < 4.78 is 44.4. The predicted octanol–water partition coefficient (Wildman–Crippen LogP) is 7.51. The number of ether oxygens (including phenoxy) is 1. The van der Waals surface area contributed by atoms with Crippen LogP contribution in [0.4, 0.5) is 18.9 Å². The van der Waals surface area contributed by atoms with E-state index in [1.165, 1.54) is 24.3 Å². The van der Waals surface area contributed by atoms with E-state index in [4.69, 9.17) is 21.7 Å². The number of halogens is 4. The lowest BCUT2D eigenvalue weighted by Crippen LogP contribution is -2.25. The quantitative estimate of drug-likeness (QED) is 0.196. The van der Waals surface area contributed by atoms with E-state index < -0.39 is 24.3 Å². The number of carbonyl (C=O) groups excluding carboxylic acids is 1. The number of thioether (sulfide) groups is 1. The van der Waals surface area contributed by atoms with Gasteiger partial charge in [0.25, 0.3) is 0 Å². The molecule has 0 spiro atoms. The second-order valence-corrected chi connectivity index (χ2v) is 8.45. The Morgan fingerprint density at radius 2 is 1.62 bits per heavy atom. The lowest BCUT2D eigenvalue weighted by atomic mass is 10.0. The van der Waals surface area contributed by atoms with Gasteiger partial charge in [0.2, 0.25) is 0 Å². The fourth-order valence-electron chi connectivity index (χ4n) is 2.91. The van der Waals surface area contributed by atoms with Gasteiger partial charge in [-0.2, -0.15) is 13.2 Å². The summed E-state index contributed by atoms with van der Waals surface area (Å²) in [5.74, 6) is -0.562. The summed E-state index contributed by atoms with van der Waals surface area (Å²) in [6.07, 6.45) is -3.56. The first-order chi connectivity index (χ1) is 16.2. The minimum atomic E-state index is -4.78. The molecular formula is C25H20ClF3N2O2S. The van der Waals surface area contributed by atoms with Crippen LogP contribution >= 0.6 is 23.4 Å². The molecule has 4 nitrogen and oxygen atoms in total. The minimum absolute atomic E-state index is 0.00391. The van der Waals surface area contributed by atoms with Gasteiger partial charge in [-0.1, -0.05) is 48.0 Å². The number of carbonyl (C=O) groups is 1. The van der Waals surface area contributed by atoms with Gasteiger partial charge in [-0.25, -0.2) is 4.79 Å². The average molecular weight is 505 g/mol. The van der Waals surface area contributed by atoms with E-state index in [-0.39, 0.29) is 28.6 Å². The maximum absolute atomic E-state index is 13.0. The topological polar surface area (TPSA) is 62.5 Å². The Morgan fingerprint density at radius 3 is 2.21 bits per heavy atom. The molecule has 34 heavy (non-hydrogen) atoms. The monoisotopic (exact) mass is 504 g/mol. The number of nitrogens with zero attached hydrogens (tertiary/aromatic N) is 1. The van der Waals surface area contributed by atoms with Gasteiger partial charge in [0, 0.05) is 11.3 Å². The van der Waals surface area contributed by atoms with Crippen LogP contribution in [0.1, 0.15) is 27.9 Å². The zero-order chi connectivity index (χ0) is 24.7. The number of rotatable bonds is 8. The lowest BCUT2D eigenvalue weighted by molar-refractivity contribution is -0.0605. The van der Waals surface area contributed by atoms with E-state index in [9.17, 15) is 18.0 Å². The van der Waals surface area contributed by atoms with Crippen molar-refractivity contribution in [3.8, 4) is 0 Å². The van der Waals surface area contributed by atoms with Crippen LogP contribution in [0.2, 0.25) is 5.02 Å². The van der Waals surface area contributed by atoms with Crippen molar-refractivity contribution in [1.82, 2.24) is 0 Å². The molecule has 0 amide bonds. The van der Waals surface area contributed by atoms with Gasteiger partial charge in [-0.3, -0.25) is 4.99 Å². The Hall–Kier alpha value is -3.10. The summed E-state index contributed by atoms with van der Waals surface area (Å²) in [6, 6.07) is 19.9. The molecule has 0 heterocycles. The zero-order valence-corrected chi connectivity index (χ0v) is 19.6. The zero-order valence-electron chi connectivity index (χ0n) is 18.0. The van der Waals surface area contributed by atoms with E-state index in [1.54, 1.807) is 36.0 Å². The second kappa shape index (κ2) is 11.4. The molecule has 0 aromatic heterocycles. The Morgan fingerprint density at radius 1 is 1.00 bits per heavy atom. The number of nitrogens with one attached hydrogen (secondary N) is 1. The predicted molar refractivity (Wildman–Crippen MR) is 130 cm³/mol. The third kappa shape index (κ3) is 6.95. The summed E-state index contributed by atoms with van der Waals surface area (Å²) in [5, 5.41) is 7.67. The SMILES string of the molecule is CSc1ccc(COC(=O)c2ccc(C(CC(=N)C(F)(F)F)=Nc3ccccc3Cl)cc2)cc1. The van der Waals surface area contributed by atoms with Crippen LogP contribution in [-0.2, 0) is 11.3 Å². The van der Waals surface area contributed by atoms with Crippen molar-refractivity contribution in [3.05, 3.63) is 94.5 Å². The molecule has 0 bridgehead atoms. The highest BCUT2D eigenvalue weighted by Crippen LogP contribution is 2.27. The van der Waals surface area contributed by atoms with Crippen LogP contribution in [0, 0.1) is 5.41 Å². The van der Waals surface area contributed by atoms with E-state index in [2.05, 4.69) is 4.99 Å². The molecule has 9 heteroatoms. The maximum atomic E-state index is 13.0. The van der Waals surface area contributed by atoms with Crippen molar-refractivity contribution in [2.45, 2.75) is 24.1 Å². The first-order valence-corrected chi connectivity index (χ1v) is 11.6. The molecule has 3 rings (SSSR count). The Bertz CT molecular complexity index is 1190. The van der Waals surface area contributed by atoms with E-state index in [1.807, 2.05) is 30.5 Å². The number of hydrogen-bond donors (Lipinski definition) is 1. The minimum Gasteiger partial charge on any atom is -0.457 e. The lowest BCUT2D eigenvalue weighted by Gasteiger charge is -2.12. The molecular weight excluding hydrogens is 485 g/mol. The third-order valence-corrected chi connectivity index (χ3v) is 5.84. The molecule has 3 aromatic carbocycles. The summed E-state index contributed by atoms with van der Waals surface area (Å²) >= 11 is 7.71. The van der Waals surface area contributed by atoms with Crippen LogP contribution < -0.4 is 0 Å². The first-order valence-electron chi connectivity index (χ1n) is 10.0. The van der Waals surface area contributed by atoms with Gasteiger partial charge in [-0.05, 0) is 53.8 Å². The van der Waals surface area contributed by atoms with Crippen LogP contribution in [0.5, 0.6) is 0 Å². The third-order valence-electron chi connectivity index (χ3n) is 4.78. The number of aliphatic imine (C=N–C) groups is 1. The number of esters is 1. The average Bonchev–Trinajstić information content (AvgIpc) is 2.83. The Kier molecular flexibility index (Phi) is 8.52. The summed E-state index contributed by atoms with van der Waals surface area (Å²) in [4.78, 5) is 17.8. The highest BCUT2D eigenvalue weighted by atomic mass is 35.5. The van der Waals surface area contributed by atoms with Crippen molar-refractivity contribution < 1.29 is 22.7 Å².